The third-order valence-electron chi connectivity index (χ3n) is 2.62. The lowest BCUT2D eigenvalue weighted by atomic mass is 9.95. The van der Waals surface area contributed by atoms with Crippen LogP contribution in [0.1, 0.15) is 33.6 Å². The van der Waals surface area contributed by atoms with E-state index < -0.39 is 0 Å². The van der Waals surface area contributed by atoms with E-state index in [1.165, 1.54) is 0 Å². The molecule has 1 unspecified atom stereocenters. The fourth-order valence-electron chi connectivity index (χ4n) is 1.67. The third kappa shape index (κ3) is 3.61. The van der Waals surface area contributed by atoms with E-state index in [1.807, 2.05) is 6.92 Å². The van der Waals surface area contributed by atoms with Gasteiger partial charge in [-0.2, -0.15) is 0 Å². The summed E-state index contributed by atoms with van der Waals surface area (Å²) in [4.78, 5) is 0. The van der Waals surface area contributed by atoms with Gasteiger partial charge in [0.15, 0.2) is 0 Å². The average Bonchev–Trinajstić information content (AvgIpc) is 2.20. The van der Waals surface area contributed by atoms with Crippen molar-refractivity contribution >= 4 is 0 Å². The molecule has 0 aliphatic heterocycles. The van der Waals surface area contributed by atoms with Gasteiger partial charge in [0.1, 0.15) is 17.1 Å². The molecular weight excluding hydrogens is 200 g/mol. The predicted molar refractivity (Wildman–Crippen MR) is 66.9 cm³/mol. The highest BCUT2D eigenvalue weighted by Gasteiger charge is 2.24. The van der Waals surface area contributed by atoms with Crippen LogP contribution in [0.3, 0.4) is 0 Å². The highest BCUT2D eigenvalue weighted by molar-refractivity contribution is 5.30. The second-order valence-electron chi connectivity index (χ2n) is 4.53. The number of rotatable bonds is 5. The standard InChI is InChI=1S/C14H20O2/c1-5-14(4,10-11(2)3)16-13-8-6-12(15)7-9-13/h6-9,15H,2,5,10H2,1,3-4H3. The molecule has 0 aliphatic carbocycles. The molecule has 0 aliphatic rings. The Morgan fingerprint density at radius 2 is 1.94 bits per heavy atom. The molecule has 0 amide bonds. The van der Waals surface area contributed by atoms with Crippen LogP contribution in [0.2, 0.25) is 0 Å². The van der Waals surface area contributed by atoms with Crippen LogP contribution in [0.5, 0.6) is 11.5 Å². The zero-order chi connectivity index (χ0) is 12.2. The van der Waals surface area contributed by atoms with E-state index in [-0.39, 0.29) is 11.4 Å². The molecule has 0 spiro atoms. The molecule has 0 fully saturated rings. The molecule has 1 rings (SSSR count). The van der Waals surface area contributed by atoms with Crippen molar-refractivity contribution in [1.82, 2.24) is 0 Å². The summed E-state index contributed by atoms with van der Waals surface area (Å²) < 4.78 is 5.94. The Hall–Kier alpha value is -1.44. The molecule has 1 N–H and O–H groups in total. The van der Waals surface area contributed by atoms with Gasteiger partial charge >= 0.3 is 0 Å². The van der Waals surface area contributed by atoms with Crippen LogP contribution in [0, 0.1) is 0 Å². The largest absolute Gasteiger partial charge is 0.508 e. The van der Waals surface area contributed by atoms with E-state index in [0.29, 0.717) is 0 Å². The van der Waals surface area contributed by atoms with Gasteiger partial charge in [-0.3, -0.25) is 0 Å². The molecule has 1 aromatic rings. The lowest BCUT2D eigenvalue weighted by molar-refractivity contribution is 0.0848. The summed E-state index contributed by atoms with van der Waals surface area (Å²) in [5.74, 6) is 1.04. The third-order valence-corrected chi connectivity index (χ3v) is 2.62. The van der Waals surface area contributed by atoms with Gasteiger partial charge in [0.2, 0.25) is 0 Å². The van der Waals surface area contributed by atoms with Gasteiger partial charge in [0, 0.05) is 6.42 Å². The van der Waals surface area contributed by atoms with E-state index in [0.717, 1.165) is 24.2 Å². The fraction of sp³-hybridized carbons (Fsp3) is 0.429. The Morgan fingerprint density at radius 3 is 2.38 bits per heavy atom. The van der Waals surface area contributed by atoms with Crippen LogP contribution in [-0.2, 0) is 0 Å². The normalized spacial score (nSPS) is 14.2. The molecule has 0 heterocycles. The average molecular weight is 220 g/mol. The lowest BCUT2D eigenvalue weighted by Crippen LogP contribution is -2.31. The summed E-state index contributed by atoms with van der Waals surface area (Å²) >= 11 is 0. The minimum absolute atomic E-state index is 0.219. The Labute approximate surface area is 97.6 Å². The molecule has 0 bridgehead atoms. The molecule has 88 valence electrons. The Balaban J connectivity index is 2.76. The number of hydrogen-bond donors (Lipinski definition) is 1. The summed E-state index contributed by atoms with van der Waals surface area (Å²) in [6.07, 6.45) is 1.76. The van der Waals surface area contributed by atoms with Gasteiger partial charge in [0.05, 0.1) is 0 Å². The molecule has 16 heavy (non-hydrogen) atoms. The highest BCUT2D eigenvalue weighted by atomic mass is 16.5. The molecule has 0 radical (unpaired) electrons. The topological polar surface area (TPSA) is 29.5 Å². The second-order valence-corrected chi connectivity index (χ2v) is 4.53. The molecule has 2 nitrogen and oxygen atoms in total. The van der Waals surface area contributed by atoms with Crippen molar-refractivity contribution < 1.29 is 9.84 Å². The smallest absolute Gasteiger partial charge is 0.120 e. The quantitative estimate of drug-likeness (QED) is 0.762. The molecule has 0 saturated carbocycles. The van der Waals surface area contributed by atoms with Crippen LogP contribution >= 0.6 is 0 Å². The van der Waals surface area contributed by atoms with Crippen LogP contribution in [0.15, 0.2) is 36.4 Å². The minimum atomic E-state index is -0.219. The Bertz CT molecular complexity index is 354. The zero-order valence-electron chi connectivity index (χ0n) is 10.3. The van der Waals surface area contributed by atoms with Crippen molar-refractivity contribution in [2.75, 3.05) is 0 Å². The number of aromatic hydroxyl groups is 1. The van der Waals surface area contributed by atoms with Gasteiger partial charge in [-0.05, 0) is 44.5 Å². The zero-order valence-corrected chi connectivity index (χ0v) is 10.3. The molecule has 1 aromatic carbocycles. The SMILES string of the molecule is C=C(C)CC(C)(CC)Oc1ccc(O)cc1. The van der Waals surface area contributed by atoms with Gasteiger partial charge < -0.3 is 9.84 Å². The van der Waals surface area contributed by atoms with E-state index in [2.05, 4.69) is 20.4 Å². The van der Waals surface area contributed by atoms with Crippen molar-refractivity contribution in [1.29, 1.82) is 0 Å². The van der Waals surface area contributed by atoms with Crippen molar-refractivity contribution in [2.24, 2.45) is 0 Å². The van der Waals surface area contributed by atoms with Crippen molar-refractivity contribution in [3.63, 3.8) is 0 Å². The fourth-order valence-corrected chi connectivity index (χ4v) is 1.67. The van der Waals surface area contributed by atoms with Crippen LogP contribution < -0.4 is 4.74 Å². The monoisotopic (exact) mass is 220 g/mol. The molecule has 0 aromatic heterocycles. The first-order chi connectivity index (χ1) is 7.45. The highest BCUT2D eigenvalue weighted by Crippen LogP contribution is 2.27. The molecule has 2 heteroatoms. The lowest BCUT2D eigenvalue weighted by Gasteiger charge is -2.30. The van der Waals surface area contributed by atoms with Crippen LogP contribution in [0.4, 0.5) is 0 Å². The summed E-state index contributed by atoms with van der Waals surface area (Å²) in [7, 11) is 0. The maximum atomic E-state index is 9.19. The predicted octanol–water partition coefficient (Wildman–Crippen LogP) is 3.91. The minimum Gasteiger partial charge on any atom is -0.508 e. The van der Waals surface area contributed by atoms with Gasteiger partial charge in [-0.15, -0.1) is 0 Å². The van der Waals surface area contributed by atoms with E-state index in [1.54, 1.807) is 24.3 Å². The second kappa shape index (κ2) is 5.06. The number of hydrogen-bond acceptors (Lipinski definition) is 2. The number of benzene rings is 1. The van der Waals surface area contributed by atoms with Crippen molar-refractivity contribution in [3.05, 3.63) is 36.4 Å². The maximum Gasteiger partial charge on any atom is 0.120 e. The first-order valence-electron chi connectivity index (χ1n) is 5.57. The van der Waals surface area contributed by atoms with E-state index in [9.17, 15) is 5.11 Å². The van der Waals surface area contributed by atoms with Gasteiger partial charge in [-0.25, -0.2) is 0 Å². The summed E-state index contributed by atoms with van der Waals surface area (Å²) in [5, 5.41) is 9.19. The summed E-state index contributed by atoms with van der Waals surface area (Å²) in [5.41, 5.74) is 0.895. The van der Waals surface area contributed by atoms with Crippen LogP contribution in [0.25, 0.3) is 0 Å². The van der Waals surface area contributed by atoms with Crippen LogP contribution in [-0.4, -0.2) is 10.7 Å². The number of phenols is 1. The molecular formula is C14H20O2. The maximum absolute atomic E-state index is 9.19. The van der Waals surface area contributed by atoms with E-state index in [4.69, 9.17) is 4.74 Å². The van der Waals surface area contributed by atoms with E-state index >= 15 is 0 Å². The number of phenolic OH excluding ortho intramolecular Hbond substituents is 1. The number of ether oxygens (including phenoxy) is 1. The first-order valence-corrected chi connectivity index (χ1v) is 5.57. The summed E-state index contributed by atoms with van der Waals surface area (Å²) in [6, 6.07) is 6.82. The first kappa shape index (κ1) is 12.6. The molecule has 1 atom stereocenters. The Kier molecular flexibility index (Phi) is 3.99. The van der Waals surface area contributed by atoms with Crippen molar-refractivity contribution in [2.45, 2.75) is 39.2 Å². The summed E-state index contributed by atoms with van der Waals surface area (Å²) in [6.45, 7) is 10.1. The Morgan fingerprint density at radius 1 is 1.38 bits per heavy atom. The van der Waals surface area contributed by atoms with Gasteiger partial charge in [-0.1, -0.05) is 19.1 Å². The molecule has 0 saturated heterocycles. The van der Waals surface area contributed by atoms with Gasteiger partial charge in [0.25, 0.3) is 0 Å². The van der Waals surface area contributed by atoms with Crippen molar-refractivity contribution in [3.8, 4) is 11.5 Å².